The van der Waals surface area contributed by atoms with Crippen molar-refractivity contribution in [1.29, 1.82) is 0 Å². The van der Waals surface area contributed by atoms with Gasteiger partial charge in [0, 0.05) is 45.4 Å². The van der Waals surface area contributed by atoms with Crippen LogP contribution in [-0.2, 0) is 16.1 Å². The zero-order chi connectivity index (χ0) is 14.1. The lowest BCUT2D eigenvalue weighted by molar-refractivity contribution is -0.129. The van der Waals surface area contributed by atoms with Crippen molar-refractivity contribution in [2.75, 3.05) is 13.1 Å². The molecule has 1 N–H and O–H groups in total. The molecule has 0 spiro atoms. The number of nitrogens with zero attached hydrogens (tertiary/aromatic N) is 2. The smallest absolute Gasteiger partial charge is 0.222 e. The number of pyridine rings is 1. The van der Waals surface area contributed by atoms with Gasteiger partial charge in [-0.05, 0) is 18.1 Å². The number of hydrogen-bond donors (Lipinski definition) is 1. The highest BCUT2D eigenvalue weighted by molar-refractivity contribution is 5.77. The Kier molecular flexibility index (Phi) is 6.57. The van der Waals surface area contributed by atoms with E-state index in [-0.39, 0.29) is 11.8 Å². The minimum absolute atomic E-state index is 0.0157. The number of aromatic nitrogens is 1. The van der Waals surface area contributed by atoms with Crippen LogP contribution in [0.15, 0.2) is 24.5 Å². The summed E-state index contributed by atoms with van der Waals surface area (Å²) >= 11 is 0. The van der Waals surface area contributed by atoms with Crippen LogP contribution in [0.3, 0.4) is 0 Å². The summed E-state index contributed by atoms with van der Waals surface area (Å²) < 4.78 is 0. The van der Waals surface area contributed by atoms with Crippen molar-refractivity contribution in [2.24, 2.45) is 0 Å². The summed E-state index contributed by atoms with van der Waals surface area (Å²) in [5.41, 5.74) is 0.966. The average molecular weight is 263 g/mol. The normalized spacial score (nSPS) is 10.0. The largest absolute Gasteiger partial charge is 0.352 e. The van der Waals surface area contributed by atoms with Crippen LogP contribution in [-0.4, -0.2) is 34.8 Å². The minimum Gasteiger partial charge on any atom is -0.352 e. The Morgan fingerprint density at radius 2 is 2.16 bits per heavy atom. The van der Waals surface area contributed by atoms with E-state index < -0.39 is 0 Å². The first-order valence-electron chi connectivity index (χ1n) is 6.54. The molecule has 0 aliphatic rings. The van der Waals surface area contributed by atoms with Gasteiger partial charge in [-0.1, -0.05) is 13.0 Å². The third kappa shape index (κ3) is 5.99. The number of hydrogen-bond acceptors (Lipinski definition) is 3. The molecule has 2 amide bonds. The molecule has 104 valence electrons. The Morgan fingerprint density at radius 1 is 1.37 bits per heavy atom. The molecule has 1 rings (SSSR count). The summed E-state index contributed by atoms with van der Waals surface area (Å²) in [6.45, 7) is 5.19. The first-order valence-corrected chi connectivity index (χ1v) is 6.54. The van der Waals surface area contributed by atoms with Crippen molar-refractivity contribution in [3.05, 3.63) is 30.1 Å². The van der Waals surface area contributed by atoms with Gasteiger partial charge in [-0.15, -0.1) is 0 Å². The quantitative estimate of drug-likeness (QED) is 0.807. The minimum atomic E-state index is -0.0498. The zero-order valence-electron chi connectivity index (χ0n) is 11.6. The lowest BCUT2D eigenvalue weighted by Gasteiger charge is -2.19. The van der Waals surface area contributed by atoms with E-state index in [1.807, 2.05) is 19.1 Å². The monoisotopic (exact) mass is 263 g/mol. The molecule has 1 aromatic rings. The summed E-state index contributed by atoms with van der Waals surface area (Å²) in [7, 11) is 0. The fourth-order valence-corrected chi connectivity index (χ4v) is 1.72. The maximum atomic E-state index is 11.7. The Morgan fingerprint density at radius 3 is 2.74 bits per heavy atom. The van der Waals surface area contributed by atoms with Crippen molar-refractivity contribution in [2.45, 2.75) is 33.2 Å². The molecule has 5 heteroatoms. The third-order valence-electron chi connectivity index (χ3n) is 2.76. The predicted octanol–water partition coefficient (Wildman–Crippen LogP) is 1.35. The molecule has 19 heavy (non-hydrogen) atoms. The van der Waals surface area contributed by atoms with E-state index in [0.717, 1.165) is 12.0 Å². The van der Waals surface area contributed by atoms with Crippen LogP contribution < -0.4 is 5.32 Å². The third-order valence-corrected chi connectivity index (χ3v) is 2.76. The maximum Gasteiger partial charge on any atom is 0.222 e. The molecule has 1 heterocycles. The van der Waals surface area contributed by atoms with Crippen molar-refractivity contribution >= 4 is 11.8 Å². The lowest BCUT2D eigenvalue weighted by Crippen LogP contribution is -2.34. The first-order chi connectivity index (χ1) is 9.13. The highest BCUT2D eigenvalue weighted by atomic mass is 16.2. The zero-order valence-corrected chi connectivity index (χ0v) is 11.6. The van der Waals surface area contributed by atoms with Crippen LogP contribution in [0.25, 0.3) is 0 Å². The summed E-state index contributed by atoms with van der Waals surface area (Å²) in [5.74, 6) is -0.0342. The SMILES string of the molecule is CCCN(CCC(=O)NCc1cccnc1)C(C)=O. The summed E-state index contributed by atoms with van der Waals surface area (Å²) in [4.78, 5) is 28.7. The fraction of sp³-hybridized carbons (Fsp3) is 0.500. The van der Waals surface area contributed by atoms with Crippen LogP contribution in [0.2, 0.25) is 0 Å². The van der Waals surface area contributed by atoms with Gasteiger partial charge in [-0.3, -0.25) is 14.6 Å². The molecule has 0 bridgehead atoms. The molecule has 0 atom stereocenters. The van der Waals surface area contributed by atoms with Crippen molar-refractivity contribution < 1.29 is 9.59 Å². The molecular formula is C14H21N3O2. The van der Waals surface area contributed by atoms with Crippen LogP contribution in [0.4, 0.5) is 0 Å². The summed E-state index contributed by atoms with van der Waals surface area (Å²) in [6.07, 6.45) is 4.65. The molecule has 0 saturated carbocycles. The second-order valence-corrected chi connectivity index (χ2v) is 4.39. The second kappa shape index (κ2) is 8.24. The van der Waals surface area contributed by atoms with Gasteiger partial charge in [0.2, 0.25) is 11.8 Å². The van der Waals surface area contributed by atoms with Crippen molar-refractivity contribution in [3.8, 4) is 0 Å². The summed E-state index contributed by atoms with van der Waals surface area (Å²) in [5, 5.41) is 2.82. The Bertz CT molecular complexity index is 406. The molecule has 0 aromatic carbocycles. The standard InChI is InChI=1S/C14H21N3O2/c1-3-8-17(12(2)18)9-6-14(19)16-11-13-5-4-7-15-10-13/h4-5,7,10H,3,6,8-9,11H2,1-2H3,(H,16,19). The molecule has 0 aliphatic carbocycles. The van der Waals surface area contributed by atoms with Crippen LogP contribution >= 0.6 is 0 Å². The van der Waals surface area contributed by atoms with Gasteiger partial charge >= 0.3 is 0 Å². The molecule has 0 unspecified atom stereocenters. The van der Waals surface area contributed by atoms with E-state index in [9.17, 15) is 9.59 Å². The summed E-state index contributed by atoms with van der Waals surface area (Å²) in [6, 6.07) is 3.74. The van der Waals surface area contributed by atoms with Crippen molar-refractivity contribution in [1.82, 2.24) is 15.2 Å². The van der Waals surface area contributed by atoms with Gasteiger partial charge in [-0.25, -0.2) is 0 Å². The number of rotatable bonds is 7. The first kappa shape index (κ1) is 15.1. The predicted molar refractivity (Wildman–Crippen MR) is 73.2 cm³/mol. The van der Waals surface area contributed by atoms with Gasteiger partial charge in [0.05, 0.1) is 0 Å². The van der Waals surface area contributed by atoms with Gasteiger partial charge in [-0.2, -0.15) is 0 Å². The Labute approximate surface area is 114 Å². The van der Waals surface area contributed by atoms with Gasteiger partial charge in [0.1, 0.15) is 0 Å². The van der Waals surface area contributed by atoms with E-state index in [4.69, 9.17) is 0 Å². The molecule has 0 aliphatic heterocycles. The molecule has 1 aromatic heterocycles. The van der Waals surface area contributed by atoms with Crippen LogP contribution in [0.5, 0.6) is 0 Å². The number of nitrogens with one attached hydrogen (secondary N) is 1. The van der Waals surface area contributed by atoms with E-state index in [2.05, 4.69) is 10.3 Å². The van der Waals surface area contributed by atoms with Gasteiger partial charge in [0.15, 0.2) is 0 Å². The highest BCUT2D eigenvalue weighted by Crippen LogP contribution is 1.97. The van der Waals surface area contributed by atoms with E-state index in [1.165, 1.54) is 6.92 Å². The molecule has 0 fully saturated rings. The van der Waals surface area contributed by atoms with E-state index in [1.54, 1.807) is 17.3 Å². The topological polar surface area (TPSA) is 62.3 Å². The van der Waals surface area contributed by atoms with Crippen molar-refractivity contribution in [3.63, 3.8) is 0 Å². The van der Waals surface area contributed by atoms with E-state index in [0.29, 0.717) is 26.1 Å². The maximum absolute atomic E-state index is 11.7. The number of amides is 2. The molecule has 5 nitrogen and oxygen atoms in total. The Balaban J connectivity index is 2.29. The van der Waals surface area contributed by atoms with Crippen LogP contribution in [0, 0.1) is 0 Å². The molecular weight excluding hydrogens is 242 g/mol. The number of carbonyl (C=O) groups is 2. The molecule has 0 radical (unpaired) electrons. The second-order valence-electron chi connectivity index (χ2n) is 4.39. The lowest BCUT2D eigenvalue weighted by atomic mass is 10.2. The van der Waals surface area contributed by atoms with Gasteiger partial charge < -0.3 is 10.2 Å². The molecule has 0 saturated heterocycles. The highest BCUT2D eigenvalue weighted by Gasteiger charge is 2.09. The van der Waals surface area contributed by atoms with Crippen LogP contribution in [0.1, 0.15) is 32.3 Å². The Hall–Kier alpha value is -1.91. The average Bonchev–Trinajstić information content (AvgIpc) is 2.42. The number of carbonyl (C=O) groups excluding carboxylic acids is 2. The fourth-order valence-electron chi connectivity index (χ4n) is 1.72. The van der Waals surface area contributed by atoms with Gasteiger partial charge in [0.25, 0.3) is 0 Å². The van der Waals surface area contributed by atoms with E-state index >= 15 is 0 Å².